The minimum absolute atomic E-state index is 0.0190. The van der Waals surface area contributed by atoms with Crippen LogP contribution in [0.1, 0.15) is 45.2 Å². The minimum Gasteiger partial charge on any atom is -0.465 e. The molecule has 1 heterocycles. The zero-order valence-corrected chi connectivity index (χ0v) is 22.0. The van der Waals surface area contributed by atoms with Crippen molar-refractivity contribution in [3.63, 3.8) is 0 Å². The average Bonchev–Trinajstić information content (AvgIpc) is 3.38. The molecular formula is C33H34N2O3. The fraction of sp³-hybridized carbons (Fsp3) is 0.212. The van der Waals surface area contributed by atoms with Crippen LogP contribution < -0.4 is 0 Å². The van der Waals surface area contributed by atoms with Gasteiger partial charge in [0.1, 0.15) is 0 Å². The lowest BCUT2D eigenvalue weighted by atomic mass is 10.1. The van der Waals surface area contributed by atoms with Crippen molar-refractivity contribution in [2.75, 3.05) is 13.2 Å². The molecule has 0 saturated heterocycles. The maximum atomic E-state index is 13.0. The van der Waals surface area contributed by atoms with Gasteiger partial charge in [-0.25, -0.2) is 0 Å². The number of hydrogen-bond donors (Lipinski definition) is 0. The quantitative estimate of drug-likeness (QED) is 0.167. The second-order valence-electron chi connectivity index (χ2n) is 9.32. The van der Waals surface area contributed by atoms with Crippen LogP contribution in [0.3, 0.4) is 0 Å². The monoisotopic (exact) mass is 506 g/mol. The highest BCUT2D eigenvalue weighted by molar-refractivity contribution is 6.08. The normalized spacial score (nSPS) is 11.2. The molecule has 0 saturated carbocycles. The van der Waals surface area contributed by atoms with E-state index in [0.717, 1.165) is 22.3 Å². The summed E-state index contributed by atoms with van der Waals surface area (Å²) in [5, 5.41) is 0. The summed E-state index contributed by atoms with van der Waals surface area (Å²) in [6.45, 7) is 6.31. The standard InChI is InChI=1S/C33H34N2O3/c1-3-38-32(36)25-34(23-28-10-5-4-6-11-28)24-29-13-7-12-27(22-29)14-8-20-35-21-9-15-31(35)33(37)30-18-16-26(2)17-19-30/h4-19,21-22H,3,20,23-25H2,1-2H3/b14-8+. The molecule has 4 rings (SSSR count). The van der Waals surface area contributed by atoms with E-state index in [1.165, 1.54) is 0 Å². The Morgan fingerprint density at radius 1 is 0.868 bits per heavy atom. The van der Waals surface area contributed by atoms with Crippen molar-refractivity contribution >= 4 is 17.8 Å². The third-order valence-corrected chi connectivity index (χ3v) is 6.25. The first-order valence-electron chi connectivity index (χ1n) is 13.0. The van der Waals surface area contributed by atoms with Crippen LogP contribution in [0.25, 0.3) is 6.08 Å². The molecular weight excluding hydrogens is 472 g/mol. The number of carbonyl (C=O) groups is 2. The molecule has 1 aromatic heterocycles. The molecule has 0 aliphatic rings. The summed E-state index contributed by atoms with van der Waals surface area (Å²) in [6, 6.07) is 29.9. The predicted octanol–water partition coefficient (Wildman–Crippen LogP) is 6.31. The molecule has 0 atom stereocenters. The first kappa shape index (κ1) is 26.8. The van der Waals surface area contributed by atoms with E-state index >= 15 is 0 Å². The molecule has 0 bridgehead atoms. The van der Waals surface area contributed by atoms with E-state index in [-0.39, 0.29) is 18.3 Å². The molecule has 0 fully saturated rings. The fourth-order valence-electron chi connectivity index (χ4n) is 4.39. The number of ether oxygens (including phenoxy) is 1. The number of benzene rings is 3. The number of aromatic nitrogens is 1. The molecule has 4 aromatic rings. The Morgan fingerprint density at radius 2 is 1.61 bits per heavy atom. The van der Waals surface area contributed by atoms with Crippen LogP contribution in [0.5, 0.6) is 0 Å². The molecule has 0 N–H and O–H groups in total. The number of allylic oxidation sites excluding steroid dienone is 1. The number of hydrogen-bond acceptors (Lipinski definition) is 4. The zero-order chi connectivity index (χ0) is 26.7. The van der Waals surface area contributed by atoms with Crippen LogP contribution in [0.2, 0.25) is 0 Å². The smallest absolute Gasteiger partial charge is 0.320 e. The van der Waals surface area contributed by atoms with Crippen molar-refractivity contribution in [1.82, 2.24) is 9.47 Å². The first-order valence-corrected chi connectivity index (χ1v) is 13.0. The maximum absolute atomic E-state index is 13.0. The van der Waals surface area contributed by atoms with Gasteiger partial charge in [-0.3, -0.25) is 14.5 Å². The van der Waals surface area contributed by atoms with Crippen molar-refractivity contribution in [1.29, 1.82) is 0 Å². The van der Waals surface area contributed by atoms with Crippen molar-refractivity contribution in [3.05, 3.63) is 137 Å². The molecule has 0 spiro atoms. The number of carbonyl (C=O) groups excluding carboxylic acids is 2. The van der Waals surface area contributed by atoms with Crippen LogP contribution in [-0.4, -0.2) is 34.4 Å². The van der Waals surface area contributed by atoms with Crippen LogP contribution in [0, 0.1) is 6.92 Å². The summed E-state index contributed by atoms with van der Waals surface area (Å²) in [5.74, 6) is -0.201. The first-order chi connectivity index (χ1) is 18.5. The predicted molar refractivity (Wildman–Crippen MR) is 152 cm³/mol. The molecule has 0 unspecified atom stereocenters. The van der Waals surface area contributed by atoms with Gasteiger partial charge in [0.05, 0.1) is 18.8 Å². The lowest BCUT2D eigenvalue weighted by Crippen LogP contribution is -2.30. The van der Waals surface area contributed by atoms with Gasteiger partial charge in [-0.1, -0.05) is 96.6 Å². The van der Waals surface area contributed by atoms with Crippen molar-refractivity contribution in [3.8, 4) is 0 Å². The Bertz CT molecular complexity index is 1370. The average molecular weight is 507 g/mol. The van der Waals surface area contributed by atoms with Crippen LogP contribution >= 0.6 is 0 Å². The van der Waals surface area contributed by atoms with Crippen LogP contribution in [-0.2, 0) is 29.2 Å². The van der Waals surface area contributed by atoms with Gasteiger partial charge in [0.2, 0.25) is 5.78 Å². The van der Waals surface area contributed by atoms with Gasteiger partial charge < -0.3 is 9.30 Å². The fourth-order valence-corrected chi connectivity index (χ4v) is 4.39. The number of rotatable bonds is 12. The molecule has 0 amide bonds. The van der Waals surface area contributed by atoms with Gasteiger partial charge in [-0.15, -0.1) is 0 Å². The highest BCUT2D eigenvalue weighted by Crippen LogP contribution is 2.15. The van der Waals surface area contributed by atoms with E-state index in [1.54, 1.807) is 0 Å². The largest absolute Gasteiger partial charge is 0.465 e. The second-order valence-corrected chi connectivity index (χ2v) is 9.32. The summed E-state index contributed by atoms with van der Waals surface area (Å²) >= 11 is 0. The lowest BCUT2D eigenvalue weighted by molar-refractivity contribution is -0.144. The van der Waals surface area contributed by atoms with E-state index in [2.05, 4.69) is 47.4 Å². The van der Waals surface area contributed by atoms with Gasteiger partial charge >= 0.3 is 5.97 Å². The highest BCUT2D eigenvalue weighted by Gasteiger charge is 2.14. The molecule has 0 aliphatic carbocycles. The molecule has 0 aliphatic heterocycles. The maximum Gasteiger partial charge on any atom is 0.320 e. The van der Waals surface area contributed by atoms with Crippen molar-refractivity contribution < 1.29 is 14.3 Å². The Morgan fingerprint density at radius 3 is 2.37 bits per heavy atom. The van der Waals surface area contributed by atoms with Gasteiger partial charge in [0.25, 0.3) is 0 Å². The molecule has 38 heavy (non-hydrogen) atoms. The third-order valence-electron chi connectivity index (χ3n) is 6.25. The minimum atomic E-state index is -0.220. The van der Waals surface area contributed by atoms with Crippen LogP contribution in [0.15, 0.2) is 103 Å². The highest BCUT2D eigenvalue weighted by atomic mass is 16.5. The summed E-state index contributed by atoms with van der Waals surface area (Å²) in [6.07, 6.45) is 6.06. The Balaban J connectivity index is 1.42. The number of esters is 1. The summed E-state index contributed by atoms with van der Waals surface area (Å²) < 4.78 is 7.16. The van der Waals surface area contributed by atoms with Gasteiger partial charge in [0, 0.05) is 31.4 Å². The summed E-state index contributed by atoms with van der Waals surface area (Å²) in [4.78, 5) is 27.3. The Kier molecular flexibility index (Phi) is 9.43. The SMILES string of the molecule is CCOC(=O)CN(Cc1ccccc1)Cc1cccc(/C=C/Cn2cccc2C(=O)c2ccc(C)cc2)c1. The van der Waals surface area contributed by atoms with E-state index in [4.69, 9.17) is 4.74 Å². The third kappa shape index (κ3) is 7.64. The Hall–Kier alpha value is -4.22. The van der Waals surface area contributed by atoms with Gasteiger partial charge in [0.15, 0.2) is 0 Å². The number of nitrogens with zero attached hydrogens (tertiary/aromatic N) is 2. The van der Waals surface area contributed by atoms with Gasteiger partial charge in [-0.2, -0.15) is 0 Å². The number of ketones is 1. The molecule has 0 radical (unpaired) electrons. The topological polar surface area (TPSA) is 51.5 Å². The van der Waals surface area contributed by atoms with E-state index in [0.29, 0.717) is 37.5 Å². The molecule has 194 valence electrons. The molecule has 5 nitrogen and oxygen atoms in total. The zero-order valence-electron chi connectivity index (χ0n) is 22.0. The molecule has 5 heteroatoms. The molecule has 3 aromatic carbocycles. The van der Waals surface area contributed by atoms with Gasteiger partial charge in [-0.05, 0) is 42.7 Å². The van der Waals surface area contributed by atoms with E-state index in [1.807, 2.05) is 85.3 Å². The van der Waals surface area contributed by atoms with Crippen molar-refractivity contribution in [2.24, 2.45) is 0 Å². The van der Waals surface area contributed by atoms with E-state index in [9.17, 15) is 9.59 Å². The Labute approximate surface area is 225 Å². The number of aryl methyl sites for hydroxylation is 1. The van der Waals surface area contributed by atoms with Crippen LogP contribution in [0.4, 0.5) is 0 Å². The van der Waals surface area contributed by atoms with E-state index < -0.39 is 0 Å². The summed E-state index contributed by atoms with van der Waals surface area (Å²) in [5.41, 5.74) is 5.82. The second kappa shape index (κ2) is 13.4. The summed E-state index contributed by atoms with van der Waals surface area (Å²) in [7, 11) is 0. The lowest BCUT2D eigenvalue weighted by Gasteiger charge is -2.21. The van der Waals surface area contributed by atoms with Crippen molar-refractivity contribution in [2.45, 2.75) is 33.5 Å².